The van der Waals surface area contributed by atoms with Crippen molar-refractivity contribution >= 4 is 26.7 Å². The summed E-state index contributed by atoms with van der Waals surface area (Å²) in [6, 6.07) is 5.85. The van der Waals surface area contributed by atoms with Crippen LogP contribution in [0.2, 0.25) is 0 Å². The number of fused-ring (bicyclic) bond motifs is 1. The second kappa shape index (κ2) is 9.22. The van der Waals surface area contributed by atoms with Gasteiger partial charge in [0.2, 0.25) is 5.88 Å². The number of aliphatic hydroxyl groups is 1. The van der Waals surface area contributed by atoms with E-state index in [1.54, 1.807) is 29.9 Å². The molecule has 4 aromatic rings. The second-order valence-electron chi connectivity index (χ2n) is 8.09. The Morgan fingerprint density at radius 2 is 2.09 bits per heavy atom. The zero-order valence-electron chi connectivity index (χ0n) is 17.9. The van der Waals surface area contributed by atoms with E-state index in [9.17, 15) is 5.11 Å². The fraction of sp³-hybridized carbons (Fsp3) is 0.391. The summed E-state index contributed by atoms with van der Waals surface area (Å²) in [5.41, 5.74) is 2.54. The van der Waals surface area contributed by atoms with Gasteiger partial charge >= 0.3 is 0 Å². The number of rotatable bonds is 7. The molecule has 166 valence electrons. The van der Waals surface area contributed by atoms with Gasteiger partial charge in [0.25, 0.3) is 0 Å². The third kappa shape index (κ3) is 4.58. The molecule has 1 aliphatic carbocycles. The SMILES string of the molecule is CCCn1cc(-c2cncc(Oc3ccc4nc(N[C@@H]5CCCC[C@H]5O)sc4c3)n2)cn1. The molecule has 32 heavy (non-hydrogen) atoms. The average Bonchev–Trinajstić information content (AvgIpc) is 3.42. The molecule has 0 unspecified atom stereocenters. The summed E-state index contributed by atoms with van der Waals surface area (Å²) in [4.78, 5) is 13.5. The Labute approximate surface area is 190 Å². The quantitative estimate of drug-likeness (QED) is 0.415. The summed E-state index contributed by atoms with van der Waals surface area (Å²) >= 11 is 1.56. The number of nitrogens with zero attached hydrogens (tertiary/aromatic N) is 5. The predicted octanol–water partition coefficient (Wildman–Crippen LogP) is 4.87. The van der Waals surface area contributed by atoms with Gasteiger partial charge in [-0.1, -0.05) is 31.1 Å². The highest BCUT2D eigenvalue weighted by Crippen LogP contribution is 2.32. The normalized spacial score (nSPS) is 18.7. The van der Waals surface area contributed by atoms with Crippen molar-refractivity contribution in [2.45, 2.75) is 57.7 Å². The minimum Gasteiger partial charge on any atom is -0.437 e. The fourth-order valence-corrected chi connectivity index (χ4v) is 4.93. The van der Waals surface area contributed by atoms with Gasteiger partial charge in [-0.05, 0) is 31.4 Å². The standard InChI is InChI=1S/C23H26N6O2S/c1-2-9-29-14-15(11-25-29)19-12-24-13-22(26-19)31-16-7-8-18-21(10-16)32-23(28-18)27-17-5-3-4-6-20(17)30/h7-8,10-14,17,20,30H,2-6,9H2,1H3,(H,27,28)/t17-,20-/m1/s1. The number of hydrogen-bond donors (Lipinski definition) is 2. The first-order valence-electron chi connectivity index (χ1n) is 11.1. The Bertz CT molecular complexity index is 1210. The van der Waals surface area contributed by atoms with Crippen LogP contribution in [-0.2, 0) is 6.54 Å². The Morgan fingerprint density at radius 3 is 2.97 bits per heavy atom. The summed E-state index contributed by atoms with van der Waals surface area (Å²) < 4.78 is 8.91. The summed E-state index contributed by atoms with van der Waals surface area (Å²) in [5.74, 6) is 1.11. The van der Waals surface area contributed by atoms with Gasteiger partial charge < -0.3 is 15.2 Å². The lowest BCUT2D eigenvalue weighted by molar-refractivity contribution is 0.116. The zero-order valence-corrected chi connectivity index (χ0v) is 18.8. The van der Waals surface area contributed by atoms with Crippen molar-refractivity contribution in [3.63, 3.8) is 0 Å². The van der Waals surface area contributed by atoms with Crippen molar-refractivity contribution in [3.05, 3.63) is 43.0 Å². The van der Waals surface area contributed by atoms with Gasteiger partial charge in [-0.25, -0.2) is 9.97 Å². The van der Waals surface area contributed by atoms with E-state index in [4.69, 9.17) is 4.74 Å². The number of nitrogens with one attached hydrogen (secondary N) is 1. The van der Waals surface area contributed by atoms with Crippen LogP contribution in [0.25, 0.3) is 21.5 Å². The van der Waals surface area contributed by atoms with Crippen molar-refractivity contribution in [1.82, 2.24) is 24.7 Å². The van der Waals surface area contributed by atoms with E-state index < -0.39 is 0 Å². The molecule has 9 heteroatoms. The molecule has 3 aromatic heterocycles. The summed E-state index contributed by atoms with van der Waals surface area (Å²) in [7, 11) is 0. The summed E-state index contributed by atoms with van der Waals surface area (Å²) in [5, 5.41) is 18.8. The molecule has 1 saturated carbocycles. The van der Waals surface area contributed by atoms with Crippen molar-refractivity contribution < 1.29 is 9.84 Å². The van der Waals surface area contributed by atoms with Crippen LogP contribution in [0.1, 0.15) is 39.0 Å². The molecule has 1 aromatic carbocycles. The van der Waals surface area contributed by atoms with E-state index in [0.717, 1.165) is 65.3 Å². The molecule has 1 aliphatic rings. The topological polar surface area (TPSA) is 98.0 Å². The molecule has 0 spiro atoms. The van der Waals surface area contributed by atoms with E-state index in [2.05, 4.69) is 32.3 Å². The molecular weight excluding hydrogens is 424 g/mol. The molecular formula is C23H26N6O2S. The van der Waals surface area contributed by atoms with Gasteiger partial charge in [0.1, 0.15) is 5.75 Å². The Hall–Kier alpha value is -3.04. The molecule has 5 rings (SSSR count). The first kappa shape index (κ1) is 20.8. The monoisotopic (exact) mass is 450 g/mol. The van der Waals surface area contributed by atoms with Gasteiger partial charge in [-0.2, -0.15) is 5.10 Å². The minimum absolute atomic E-state index is 0.0692. The third-order valence-electron chi connectivity index (χ3n) is 5.61. The van der Waals surface area contributed by atoms with Gasteiger partial charge in [0.15, 0.2) is 5.13 Å². The van der Waals surface area contributed by atoms with E-state index >= 15 is 0 Å². The smallest absolute Gasteiger partial charge is 0.238 e. The van der Waals surface area contributed by atoms with Crippen LogP contribution in [0.4, 0.5) is 5.13 Å². The molecule has 0 amide bonds. The van der Waals surface area contributed by atoms with Crippen LogP contribution < -0.4 is 10.1 Å². The van der Waals surface area contributed by atoms with E-state index in [1.807, 2.05) is 29.1 Å². The number of thiazole rings is 1. The van der Waals surface area contributed by atoms with Crippen LogP contribution in [0.5, 0.6) is 11.6 Å². The van der Waals surface area contributed by atoms with Gasteiger partial charge in [-0.15, -0.1) is 0 Å². The van der Waals surface area contributed by atoms with Crippen molar-refractivity contribution in [1.29, 1.82) is 0 Å². The van der Waals surface area contributed by atoms with Crippen LogP contribution in [-0.4, -0.2) is 42.0 Å². The summed E-state index contributed by atoms with van der Waals surface area (Å²) in [6.07, 6.45) is 11.8. The highest BCUT2D eigenvalue weighted by Gasteiger charge is 2.23. The molecule has 3 heterocycles. The van der Waals surface area contributed by atoms with Crippen LogP contribution in [0.15, 0.2) is 43.0 Å². The number of anilines is 1. The maximum atomic E-state index is 10.2. The lowest BCUT2D eigenvalue weighted by atomic mass is 9.93. The lowest BCUT2D eigenvalue weighted by Gasteiger charge is -2.27. The van der Waals surface area contributed by atoms with Gasteiger partial charge in [0, 0.05) is 24.4 Å². The van der Waals surface area contributed by atoms with Crippen LogP contribution in [0, 0.1) is 0 Å². The molecule has 2 N–H and O–H groups in total. The highest BCUT2D eigenvalue weighted by molar-refractivity contribution is 7.22. The van der Waals surface area contributed by atoms with Crippen LogP contribution in [0.3, 0.4) is 0 Å². The van der Waals surface area contributed by atoms with Crippen molar-refractivity contribution in [2.24, 2.45) is 0 Å². The highest BCUT2D eigenvalue weighted by atomic mass is 32.1. The summed E-state index contributed by atoms with van der Waals surface area (Å²) in [6.45, 7) is 2.99. The maximum absolute atomic E-state index is 10.2. The average molecular weight is 451 g/mol. The number of hydrogen-bond acceptors (Lipinski definition) is 8. The molecule has 0 radical (unpaired) electrons. The fourth-order valence-electron chi connectivity index (χ4n) is 3.97. The largest absolute Gasteiger partial charge is 0.437 e. The lowest BCUT2D eigenvalue weighted by Crippen LogP contribution is -2.36. The van der Waals surface area contributed by atoms with E-state index in [-0.39, 0.29) is 12.1 Å². The predicted molar refractivity (Wildman–Crippen MR) is 125 cm³/mol. The minimum atomic E-state index is -0.311. The van der Waals surface area contributed by atoms with Gasteiger partial charge in [-0.3, -0.25) is 9.67 Å². The number of ether oxygens (including phenoxy) is 1. The van der Waals surface area contributed by atoms with E-state index in [1.165, 1.54) is 0 Å². The first-order valence-corrected chi connectivity index (χ1v) is 11.9. The Balaban J connectivity index is 1.31. The van der Waals surface area contributed by atoms with Crippen molar-refractivity contribution in [2.75, 3.05) is 5.32 Å². The second-order valence-corrected chi connectivity index (χ2v) is 9.12. The van der Waals surface area contributed by atoms with E-state index in [0.29, 0.717) is 11.6 Å². The molecule has 1 fully saturated rings. The number of benzene rings is 1. The molecule has 0 bridgehead atoms. The molecule has 8 nitrogen and oxygen atoms in total. The molecule has 0 saturated heterocycles. The Morgan fingerprint density at radius 1 is 1.19 bits per heavy atom. The number of aliphatic hydroxyl groups excluding tert-OH is 1. The van der Waals surface area contributed by atoms with Gasteiger partial charge in [0.05, 0.1) is 46.6 Å². The molecule has 0 aliphatic heterocycles. The van der Waals surface area contributed by atoms with Crippen molar-refractivity contribution in [3.8, 4) is 22.9 Å². The number of aryl methyl sites for hydroxylation is 1. The molecule has 2 atom stereocenters. The van der Waals surface area contributed by atoms with Crippen LogP contribution >= 0.6 is 11.3 Å². The Kier molecular flexibility index (Phi) is 6.00. The first-order chi connectivity index (χ1) is 15.7. The maximum Gasteiger partial charge on any atom is 0.238 e. The zero-order chi connectivity index (χ0) is 21.9. The third-order valence-corrected chi connectivity index (χ3v) is 6.56. The number of aromatic nitrogens is 5.